The lowest BCUT2D eigenvalue weighted by atomic mass is 9.76. The number of aliphatic hydroxyl groups is 1. The van der Waals surface area contributed by atoms with Crippen LogP contribution in [0.2, 0.25) is 0 Å². The first-order valence-corrected chi connectivity index (χ1v) is 6.89. The highest BCUT2D eigenvalue weighted by Gasteiger charge is 2.32. The summed E-state index contributed by atoms with van der Waals surface area (Å²) in [5.74, 6) is 1.02. The molecular weight excluding hydrogens is 216 g/mol. The third-order valence-corrected chi connectivity index (χ3v) is 3.60. The molecular formula is C14H26O3. The second-order valence-corrected chi connectivity index (χ2v) is 5.62. The van der Waals surface area contributed by atoms with Gasteiger partial charge in [0.1, 0.15) is 0 Å². The van der Waals surface area contributed by atoms with Gasteiger partial charge in [-0.05, 0) is 43.9 Å². The molecule has 0 aliphatic heterocycles. The molecule has 0 bridgehead atoms. The van der Waals surface area contributed by atoms with Gasteiger partial charge in [-0.15, -0.1) is 0 Å². The number of carbonyl (C=O) groups is 1. The summed E-state index contributed by atoms with van der Waals surface area (Å²) >= 11 is 0. The molecule has 0 amide bonds. The Bertz CT molecular complexity index is 238. The zero-order chi connectivity index (χ0) is 12.8. The molecule has 17 heavy (non-hydrogen) atoms. The van der Waals surface area contributed by atoms with E-state index in [0.29, 0.717) is 18.4 Å². The van der Waals surface area contributed by atoms with Gasteiger partial charge in [0.2, 0.25) is 0 Å². The molecule has 1 aliphatic rings. The first-order chi connectivity index (χ1) is 8.04. The van der Waals surface area contributed by atoms with Crippen LogP contribution in [-0.4, -0.2) is 23.8 Å². The Morgan fingerprint density at radius 1 is 1.41 bits per heavy atom. The second kappa shape index (κ2) is 7.00. The molecule has 1 rings (SSSR count). The van der Waals surface area contributed by atoms with Crippen LogP contribution in [0.25, 0.3) is 0 Å². The smallest absolute Gasteiger partial charge is 0.335 e. The van der Waals surface area contributed by atoms with Gasteiger partial charge in [0.25, 0.3) is 0 Å². The maximum absolute atomic E-state index is 11.5. The Labute approximate surface area is 105 Å². The molecule has 3 atom stereocenters. The maximum Gasteiger partial charge on any atom is 0.335 e. The highest BCUT2D eigenvalue weighted by molar-refractivity contribution is 5.74. The molecule has 3 unspecified atom stereocenters. The number of hydrogen-bond donors (Lipinski definition) is 1. The van der Waals surface area contributed by atoms with Crippen LogP contribution >= 0.6 is 0 Å². The van der Waals surface area contributed by atoms with E-state index in [1.807, 2.05) is 0 Å². The fourth-order valence-electron chi connectivity index (χ4n) is 2.92. The Kier molecular flexibility index (Phi) is 5.96. The van der Waals surface area contributed by atoms with Crippen molar-refractivity contribution in [1.82, 2.24) is 0 Å². The van der Waals surface area contributed by atoms with E-state index >= 15 is 0 Å². The minimum atomic E-state index is -0.912. The summed E-state index contributed by atoms with van der Waals surface area (Å²) in [5, 5.41) is 9.95. The van der Waals surface area contributed by atoms with Gasteiger partial charge in [0.05, 0.1) is 6.61 Å². The summed E-state index contributed by atoms with van der Waals surface area (Å²) in [6.07, 6.45) is 4.58. The fraction of sp³-hybridized carbons (Fsp3) is 0.929. The Hall–Kier alpha value is -0.570. The molecule has 3 nitrogen and oxygen atoms in total. The molecule has 0 aromatic rings. The molecule has 0 saturated heterocycles. The molecule has 1 aliphatic carbocycles. The lowest BCUT2D eigenvalue weighted by Crippen LogP contribution is -2.34. The lowest BCUT2D eigenvalue weighted by molar-refractivity contribution is -0.157. The number of rotatable bonds is 5. The average molecular weight is 242 g/mol. The van der Waals surface area contributed by atoms with Crippen molar-refractivity contribution in [2.24, 2.45) is 17.8 Å². The van der Waals surface area contributed by atoms with Crippen LogP contribution in [0.3, 0.4) is 0 Å². The van der Waals surface area contributed by atoms with Gasteiger partial charge >= 0.3 is 5.97 Å². The number of hydrogen-bond acceptors (Lipinski definition) is 3. The van der Waals surface area contributed by atoms with Gasteiger partial charge in [0.15, 0.2) is 6.10 Å². The zero-order valence-electron chi connectivity index (χ0n) is 11.3. The average Bonchev–Trinajstić information content (AvgIpc) is 2.28. The molecule has 100 valence electrons. The van der Waals surface area contributed by atoms with Crippen LogP contribution in [0.1, 0.15) is 52.9 Å². The molecule has 0 radical (unpaired) electrons. The van der Waals surface area contributed by atoms with Gasteiger partial charge in [-0.25, -0.2) is 4.79 Å². The predicted molar refractivity (Wildman–Crippen MR) is 67.5 cm³/mol. The molecule has 0 aromatic heterocycles. The number of carbonyl (C=O) groups excluding carboxylic acids is 1. The van der Waals surface area contributed by atoms with Crippen molar-refractivity contribution in [3.05, 3.63) is 0 Å². The SMILES string of the molecule is CCOC(=O)C(O)C1CCCC(CC(C)C)C1. The highest BCUT2D eigenvalue weighted by Crippen LogP contribution is 2.34. The van der Waals surface area contributed by atoms with E-state index < -0.39 is 12.1 Å². The molecule has 0 spiro atoms. The Balaban J connectivity index is 2.45. The maximum atomic E-state index is 11.5. The van der Waals surface area contributed by atoms with Crippen molar-refractivity contribution in [3.8, 4) is 0 Å². The Morgan fingerprint density at radius 2 is 2.12 bits per heavy atom. The molecule has 1 saturated carbocycles. The van der Waals surface area contributed by atoms with Gasteiger partial charge in [-0.2, -0.15) is 0 Å². The number of ether oxygens (including phenoxy) is 1. The van der Waals surface area contributed by atoms with Gasteiger partial charge < -0.3 is 9.84 Å². The van der Waals surface area contributed by atoms with E-state index in [1.54, 1.807) is 6.92 Å². The lowest BCUT2D eigenvalue weighted by Gasteiger charge is -2.32. The van der Waals surface area contributed by atoms with Crippen LogP contribution in [-0.2, 0) is 9.53 Å². The molecule has 1 N–H and O–H groups in total. The summed E-state index contributed by atoms with van der Waals surface area (Å²) in [4.78, 5) is 11.5. The second-order valence-electron chi connectivity index (χ2n) is 5.62. The van der Waals surface area contributed by atoms with E-state index in [2.05, 4.69) is 13.8 Å². The van der Waals surface area contributed by atoms with Gasteiger partial charge in [0, 0.05) is 0 Å². The fourth-order valence-corrected chi connectivity index (χ4v) is 2.92. The standard InChI is InChI=1S/C14H26O3/c1-4-17-14(16)13(15)12-7-5-6-11(9-12)8-10(2)3/h10-13,15H,4-9H2,1-3H3. The van der Waals surface area contributed by atoms with Crippen molar-refractivity contribution >= 4 is 5.97 Å². The first kappa shape index (κ1) is 14.5. The van der Waals surface area contributed by atoms with Gasteiger partial charge in [-0.1, -0.05) is 26.7 Å². The predicted octanol–water partition coefficient (Wildman–Crippen LogP) is 2.76. The van der Waals surface area contributed by atoms with Crippen molar-refractivity contribution in [2.45, 2.75) is 59.0 Å². The van der Waals surface area contributed by atoms with E-state index in [-0.39, 0.29) is 5.92 Å². The zero-order valence-corrected chi connectivity index (χ0v) is 11.3. The number of aliphatic hydroxyl groups excluding tert-OH is 1. The van der Waals surface area contributed by atoms with Crippen LogP contribution in [0.15, 0.2) is 0 Å². The van der Waals surface area contributed by atoms with E-state index in [1.165, 1.54) is 12.8 Å². The Morgan fingerprint density at radius 3 is 2.71 bits per heavy atom. The summed E-state index contributed by atoms with van der Waals surface area (Å²) in [7, 11) is 0. The highest BCUT2D eigenvalue weighted by atomic mass is 16.5. The largest absolute Gasteiger partial charge is 0.464 e. The van der Waals surface area contributed by atoms with Crippen molar-refractivity contribution < 1.29 is 14.6 Å². The van der Waals surface area contributed by atoms with Crippen molar-refractivity contribution in [3.63, 3.8) is 0 Å². The third-order valence-electron chi connectivity index (χ3n) is 3.60. The van der Waals surface area contributed by atoms with Crippen LogP contribution < -0.4 is 0 Å². The van der Waals surface area contributed by atoms with Crippen LogP contribution in [0.4, 0.5) is 0 Å². The first-order valence-electron chi connectivity index (χ1n) is 6.89. The summed E-state index contributed by atoms with van der Waals surface area (Å²) in [6, 6.07) is 0. The molecule has 0 heterocycles. The summed E-state index contributed by atoms with van der Waals surface area (Å²) in [5.41, 5.74) is 0. The topological polar surface area (TPSA) is 46.5 Å². The van der Waals surface area contributed by atoms with E-state index in [9.17, 15) is 9.90 Å². The monoisotopic (exact) mass is 242 g/mol. The summed E-state index contributed by atoms with van der Waals surface area (Å²) < 4.78 is 4.88. The quantitative estimate of drug-likeness (QED) is 0.754. The number of esters is 1. The van der Waals surface area contributed by atoms with Crippen molar-refractivity contribution in [2.75, 3.05) is 6.61 Å². The molecule has 1 fully saturated rings. The van der Waals surface area contributed by atoms with Crippen LogP contribution in [0.5, 0.6) is 0 Å². The van der Waals surface area contributed by atoms with Crippen LogP contribution in [0, 0.1) is 17.8 Å². The minimum absolute atomic E-state index is 0.103. The summed E-state index contributed by atoms with van der Waals surface area (Å²) in [6.45, 7) is 6.57. The minimum Gasteiger partial charge on any atom is -0.464 e. The van der Waals surface area contributed by atoms with Crippen molar-refractivity contribution in [1.29, 1.82) is 0 Å². The normalized spacial score (nSPS) is 26.9. The molecule has 3 heteroatoms. The van der Waals surface area contributed by atoms with E-state index in [4.69, 9.17) is 4.74 Å². The van der Waals surface area contributed by atoms with E-state index in [0.717, 1.165) is 19.3 Å². The van der Waals surface area contributed by atoms with Gasteiger partial charge in [-0.3, -0.25) is 0 Å². The third kappa shape index (κ3) is 4.66. The molecule has 0 aromatic carbocycles.